The first kappa shape index (κ1) is 12.0. The molecule has 1 fully saturated rings. The summed E-state index contributed by atoms with van der Waals surface area (Å²) in [6.07, 6.45) is 6.72. The van der Waals surface area contributed by atoms with Gasteiger partial charge in [-0.05, 0) is 37.8 Å². The molecule has 18 heavy (non-hydrogen) atoms. The van der Waals surface area contributed by atoms with Crippen molar-refractivity contribution in [3.8, 4) is 0 Å². The number of nitrogens with zero attached hydrogens (tertiary/aromatic N) is 1. The Bertz CT molecular complexity index is 514. The van der Waals surface area contributed by atoms with Crippen molar-refractivity contribution in [2.75, 3.05) is 5.32 Å². The predicted octanol–water partition coefficient (Wildman–Crippen LogP) is 4.66. The summed E-state index contributed by atoms with van der Waals surface area (Å²) in [7, 11) is 0. The molecule has 1 aliphatic carbocycles. The van der Waals surface area contributed by atoms with Crippen LogP contribution in [0.15, 0.2) is 12.1 Å². The number of nitrogens with one attached hydrogen (secondary N) is 1. The van der Waals surface area contributed by atoms with Crippen molar-refractivity contribution in [2.45, 2.75) is 52.0 Å². The molecule has 1 aliphatic rings. The SMILES string of the molecule is Cc1ccc(C)c2sc(NC3CCCCC3)nc12. The molecule has 0 saturated heterocycles. The van der Waals surface area contributed by atoms with Crippen LogP contribution in [0.2, 0.25) is 0 Å². The second-order valence-electron chi connectivity index (χ2n) is 5.38. The lowest BCUT2D eigenvalue weighted by molar-refractivity contribution is 0.462. The molecule has 2 aromatic rings. The van der Waals surface area contributed by atoms with E-state index in [-0.39, 0.29) is 0 Å². The molecule has 0 unspecified atom stereocenters. The van der Waals surface area contributed by atoms with Gasteiger partial charge in [-0.3, -0.25) is 0 Å². The van der Waals surface area contributed by atoms with Crippen molar-refractivity contribution in [3.05, 3.63) is 23.3 Å². The zero-order valence-corrected chi connectivity index (χ0v) is 11.9. The minimum Gasteiger partial charge on any atom is -0.359 e. The summed E-state index contributed by atoms with van der Waals surface area (Å²) in [5.74, 6) is 0. The third kappa shape index (κ3) is 2.24. The van der Waals surface area contributed by atoms with Gasteiger partial charge in [-0.2, -0.15) is 0 Å². The highest BCUT2D eigenvalue weighted by atomic mass is 32.1. The largest absolute Gasteiger partial charge is 0.359 e. The van der Waals surface area contributed by atoms with Crippen molar-refractivity contribution in [2.24, 2.45) is 0 Å². The quantitative estimate of drug-likeness (QED) is 0.849. The Kier molecular flexibility index (Phi) is 3.25. The van der Waals surface area contributed by atoms with Gasteiger partial charge in [-0.25, -0.2) is 4.98 Å². The standard InChI is InChI=1S/C15H20N2S/c1-10-8-9-11(2)14-13(10)17-15(18-14)16-12-6-4-3-5-7-12/h8-9,12H,3-7H2,1-2H3,(H,16,17). The summed E-state index contributed by atoms with van der Waals surface area (Å²) in [5, 5.41) is 4.74. The highest BCUT2D eigenvalue weighted by molar-refractivity contribution is 7.22. The van der Waals surface area contributed by atoms with E-state index < -0.39 is 0 Å². The van der Waals surface area contributed by atoms with Crippen LogP contribution in [0, 0.1) is 13.8 Å². The lowest BCUT2D eigenvalue weighted by Crippen LogP contribution is -2.21. The zero-order chi connectivity index (χ0) is 12.5. The molecule has 0 amide bonds. The third-order valence-corrected chi connectivity index (χ3v) is 5.00. The van der Waals surface area contributed by atoms with E-state index in [0.29, 0.717) is 6.04 Å². The van der Waals surface area contributed by atoms with Gasteiger partial charge in [-0.15, -0.1) is 0 Å². The van der Waals surface area contributed by atoms with Gasteiger partial charge in [0, 0.05) is 6.04 Å². The van der Waals surface area contributed by atoms with Crippen molar-refractivity contribution < 1.29 is 0 Å². The van der Waals surface area contributed by atoms with Crippen LogP contribution >= 0.6 is 11.3 Å². The number of fused-ring (bicyclic) bond motifs is 1. The molecule has 0 radical (unpaired) electrons. The first-order chi connectivity index (χ1) is 8.74. The Balaban J connectivity index is 1.88. The van der Waals surface area contributed by atoms with E-state index in [2.05, 4.69) is 31.3 Å². The Morgan fingerprint density at radius 3 is 2.56 bits per heavy atom. The molecule has 1 saturated carbocycles. The van der Waals surface area contributed by atoms with Crippen molar-refractivity contribution in [3.63, 3.8) is 0 Å². The van der Waals surface area contributed by atoms with Crippen molar-refractivity contribution in [1.82, 2.24) is 4.98 Å². The summed E-state index contributed by atoms with van der Waals surface area (Å²) < 4.78 is 1.34. The van der Waals surface area contributed by atoms with Crippen LogP contribution in [0.25, 0.3) is 10.2 Å². The molecule has 0 aliphatic heterocycles. The van der Waals surface area contributed by atoms with Gasteiger partial charge < -0.3 is 5.32 Å². The lowest BCUT2D eigenvalue weighted by atomic mass is 9.96. The molecular formula is C15H20N2S. The van der Waals surface area contributed by atoms with E-state index >= 15 is 0 Å². The highest BCUT2D eigenvalue weighted by Gasteiger charge is 2.15. The van der Waals surface area contributed by atoms with E-state index in [4.69, 9.17) is 4.98 Å². The minimum atomic E-state index is 0.639. The van der Waals surface area contributed by atoms with Crippen LogP contribution in [-0.2, 0) is 0 Å². The van der Waals surface area contributed by atoms with Gasteiger partial charge in [0.2, 0.25) is 0 Å². The van der Waals surface area contributed by atoms with Crippen LogP contribution in [0.3, 0.4) is 0 Å². The number of rotatable bonds is 2. The Morgan fingerprint density at radius 2 is 1.83 bits per heavy atom. The fraction of sp³-hybridized carbons (Fsp3) is 0.533. The topological polar surface area (TPSA) is 24.9 Å². The molecule has 3 rings (SSSR count). The van der Waals surface area contributed by atoms with Gasteiger partial charge in [-0.1, -0.05) is 42.7 Å². The summed E-state index contributed by atoms with van der Waals surface area (Å²) in [6, 6.07) is 5.00. The second kappa shape index (κ2) is 4.88. The van der Waals surface area contributed by atoms with E-state index in [1.54, 1.807) is 0 Å². The van der Waals surface area contributed by atoms with Gasteiger partial charge in [0.1, 0.15) is 0 Å². The molecule has 1 aromatic carbocycles. The summed E-state index contributed by atoms with van der Waals surface area (Å²) >= 11 is 1.81. The highest BCUT2D eigenvalue weighted by Crippen LogP contribution is 2.32. The monoisotopic (exact) mass is 260 g/mol. The van der Waals surface area contributed by atoms with Gasteiger partial charge in [0.05, 0.1) is 10.2 Å². The molecule has 96 valence electrons. The van der Waals surface area contributed by atoms with Crippen LogP contribution in [0.5, 0.6) is 0 Å². The summed E-state index contributed by atoms with van der Waals surface area (Å²) in [4.78, 5) is 4.77. The van der Waals surface area contributed by atoms with E-state index in [1.165, 1.54) is 53.4 Å². The average Bonchev–Trinajstić information content (AvgIpc) is 2.80. The van der Waals surface area contributed by atoms with Crippen LogP contribution in [0.1, 0.15) is 43.2 Å². The van der Waals surface area contributed by atoms with Gasteiger partial charge >= 0.3 is 0 Å². The zero-order valence-electron chi connectivity index (χ0n) is 11.1. The molecule has 2 nitrogen and oxygen atoms in total. The fourth-order valence-electron chi connectivity index (χ4n) is 2.74. The predicted molar refractivity (Wildman–Crippen MR) is 79.6 cm³/mol. The third-order valence-electron chi connectivity index (χ3n) is 3.87. The van der Waals surface area contributed by atoms with Gasteiger partial charge in [0.15, 0.2) is 5.13 Å². The molecule has 1 heterocycles. The van der Waals surface area contributed by atoms with Crippen LogP contribution in [0.4, 0.5) is 5.13 Å². The molecule has 0 atom stereocenters. The fourth-order valence-corrected chi connectivity index (χ4v) is 3.83. The maximum absolute atomic E-state index is 4.77. The average molecular weight is 260 g/mol. The number of anilines is 1. The molecule has 0 spiro atoms. The minimum absolute atomic E-state index is 0.639. The molecule has 1 N–H and O–H groups in total. The van der Waals surface area contributed by atoms with Crippen LogP contribution in [-0.4, -0.2) is 11.0 Å². The first-order valence-electron chi connectivity index (χ1n) is 6.87. The maximum Gasteiger partial charge on any atom is 0.184 e. The Labute approximate surface area is 112 Å². The van der Waals surface area contributed by atoms with Gasteiger partial charge in [0.25, 0.3) is 0 Å². The number of aryl methyl sites for hydroxylation is 2. The molecule has 0 bridgehead atoms. The van der Waals surface area contributed by atoms with Crippen molar-refractivity contribution in [1.29, 1.82) is 0 Å². The summed E-state index contributed by atoms with van der Waals surface area (Å²) in [6.45, 7) is 4.32. The molecule has 3 heteroatoms. The number of benzene rings is 1. The smallest absolute Gasteiger partial charge is 0.184 e. The Morgan fingerprint density at radius 1 is 1.11 bits per heavy atom. The van der Waals surface area contributed by atoms with Crippen LogP contribution < -0.4 is 5.32 Å². The number of thiazole rings is 1. The number of hydrogen-bond acceptors (Lipinski definition) is 3. The lowest BCUT2D eigenvalue weighted by Gasteiger charge is -2.22. The number of hydrogen-bond donors (Lipinski definition) is 1. The number of aromatic nitrogens is 1. The van der Waals surface area contributed by atoms with E-state index in [1.807, 2.05) is 11.3 Å². The Hall–Kier alpha value is -1.09. The van der Waals surface area contributed by atoms with E-state index in [9.17, 15) is 0 Å². The normalized spacial score (nSPS) is 17.2. The summed E-state index contributed by atoms with van der Waals surface area (Å²) in [5.41, 5.74) is 3.80. The molecule has 1 aromatic heterocycles. The molecular weight excluding hydrogens is 240 g/mol. The second-order valence-corrected chi connectivity index (χ2v) is 6.37. The van der Waals surface area contributed by atoms with E-state index in [0.717, 1.165) is 5.13 Å². The van der Waals surface area contributed by atoms with Crippen molar-refractivity contribution >= 4 is 26.7 Å². The first-order valence-corrected chi connectivity index (χ1v) is 7.69. The maximum atomic E-state index is 4.77.